The van der Waals surface area contributed by atoms with E-state index in [0.29, 0.717) is 0 Å². The number of rotatable bonds is 7. The van der Waals surface area contributed by atoms with Gasteiger partial charge in [0.2, 0.25) is 0 Å². The first-order chi connectivity index (χ1) is 16.8. The van der Waals surface area contributed by atoms with Crippen LogP contribution < -0.4 is 10.4 Å². The van der Waals surface area contributed by atoms with Gasteiger partial charge in [-0.25, -0.2) is 0 Å². The molecular weight excluding hydrogens is 493 g/mol. The van der Waals surface area contributed by atoms with Gasteiger partial charge in [0.05, 0.1) is 31.7 Å². The van der Waals surface area contributed by atoms with Crippen LogP contribution in [0.15, 0.2) is 29.2 Å². The number of quaternary nitrogens is 1. The first kappa shape index (κ1) is 28.7. The number of thiophene rings is 1. The van der Waals surface area contributed by atoms with Crippen LogP contribution in [0.5, 0.6) is 0 Å². The van der Waals surface area contributed by atoms with E-state index in [1.807, 2.05) is 17.5 Å². The number of piperidine rings is 3. The third kappa shape index (κ3) is 6.50. The highest BCUT2D eigenvalue weighted by atomic mass is 32.1. The van der Waals surface area contributed by atoms with E-state index >= 15 is 0 Å². The van der Waals surface area contributed by atoms with Crippen LogP contribution in [0.1, 0.15) is 70.1 Å². The lowest BCUT2D eigenvalue weighted by molar-refractivity contribution is -0.942. The number of carbonyl (C=O) groups is 2. The summed E-state index contributed by atoms with van der Waals surface area (Å²) in [7, 11) is 0. The summed E-state index contributed by atoms with van der Waals surface area (Å²) >= 11 is 1.51. The number of carbonyl (C=O) groups excluding carboxylic acids is 2. The molecule has 3 saturated heterocycles. The number of carboxylic acid groups (broad SMARTS) is 1. The quantitative estimate of drug-likeness (QED) is 0.416. The smallest absolute Gasteiger partial charge is 0.430 e. The lowest BCUT2D eigenvalue weighted by atomic mass is 9.76. The van der Waals surface area contributed by atoms with Crippen LogP contribution in [0.25, 0.3) is 0 Å². The molecule has 3 aliphatic heterocycles. The fourth-order valence-electron chi connectivity index (χ4n) is 5.89. The maximum absolute atomic E-state index is 13.6. The van der Waals surface area contributed by atoms with E-state index in [-0.39, 0.29) is 17.4 Å². The van der Waals surface area contributed by atoms with Crippen LogP contribution in [-0.2, 0) is 15.2 Å². The van der Waals surface area contributed by atoms with Gasteiger partial charge in [-0.15, -0.1) is 11.3 Å². The molecule has 4 fully saturated rings. The Hall–Kier alpha value is -1.91. The molecule has 1 aliphatic carbocycles. The summed E-state index contributed by atoms with van der Waals surface area (Å²) in [5.41, 5.74) is -0.0696. The molecule has 2 N–H and O–H groups in total. The number of alkyl halides is 3. The Bertz CT molecular complexity index is 913. The average Bonchev–Trinajstić information content (AvgIpc) is 3.54. The molecule has 2 bridgehead atoms. The lowest BCUT2D eigenvalue weighted by Crippen LogP contribution is -2.70. The van der Waals surface area contributed by atoms with Crippen LogP contribution in [0, 0.1) is 5.92 Å². The molecule has 5 rings (SSSR count). The number of aliphatic hydroxyl groups is 1. The minimum Gasteiger partial charge on any atom is -0.542 e. The maximum atomic E-state index is 13.6. The summed E-state index contributed by atoms with van der Waals surface area (Å²) in [6, 6.07) is 3.89. The Morgan fingerprint density at radius 3 is 2.19 bits per heavy atom. The van der Waals surface area contributed by atoms with Crippen LogP contribution in [0.2, 0.25) is 0 Å². The first-order valence-corrected chi connectivity index (χ1v) is 13.6. The van der Waals surface area contributed by atoms with Gasteiger partial charge in [-0.05, 0) is 38.1 Å². The molecule has 1 atom stereocenters. The van der Waals surface area contributed by atoms with E-state index in [0.717, 1.165) is 75.9 Å². The van der Waals surface area contributed by atoms with Crippen molar-refractivity contribution in [3.63, 3.8) is 0 Å². The van der Waals surface area contributed by atoms with Crippen molar-refractivity contribution in [2.75, 3.05) is 26.2 Å². The minimum absolute atomic E-state index is 0.0451. The second-order valence-corrected chi connectivity index (χ2v) is 11.7. The molecule has 4 heterocycles. The van der Waals surface area contributed by atoms with Crippen molar-refractivity contribution in [2.24, 2.45) is 5.92 Å². The number of fused-ring (bicyclic) bond motifs is 3. The molecule has 4 aliphatic rings. The second kappa shape index (κ2) is 11.2. The highest BCUT2D eigenvalue weighted by molar-refractivity contribution is 7.10. The van der Waals surface area contributed by atoms with E-state index in [2.05, 4.69) is 25.2 Å². The van der Waals surface area contributed by atoms with Crippen LogP contribution >= 0.6 is 11.3 Å². The summed E-state index contributed by atoms with van der Waals surface area (Å²) in [4.78, 5) is 23.2. The highest BCUT2D eigenvalue weighted by Crippen LogP contribution is 2.44. The maximum Gasteiger partial charge on any atom is 0.430 e. The Kier molecular flexibility index (Phi) is 8.94. The molecule has 1 aromatic heterocycles. The van der Waals surface area contributed by atoms with Crippen molar-refractivity contribution in [2.45, 2.75) is 82.5 Å². The zero-order chi connectivity index (χ0) is 26.6. The molecular formula is C26H37F3N2O4S. The first-order valence-electron chi connectivity index (χ1n) is 12.7. The second-order valence-electron chi connectivity index (χ2n) is 10.8. The van der Waals surface area contributed by atoms with Gasteiger partial charge < -0.3 is 24.8 Å². The number of halogens is 3. The van der Waals surface area contributed by atoms with Gasteiger partial charge in [0, 0.05) is 36.5 Å². The van der Waals surface area contributed by atoms with E-state index in [1.165, 1.54) is 27.9 Å². The van der Waals surface area contributed by atoms with Gasteiger partial charge in [0.1, 0.15) is 5.97 Å². The Labute approximate surface area is 214 Å². The van der Waals surface area contributed by atoms with Gasteiger partial charge in [-0.2, -0.15) is 13.2 Å². The van der Waals surface area contributed by atoms with Gasteiger partial charge in [0.15, 0.2) is 5.60 Å². The number of nitrogens with zero attached hydrogens (tertiary/aromatic N) is 1. The fourth-order valence-corrected chi connectivity index (χ4v) is 6.79. The van der Waals surface area contributed by atoms with E-state index in [9.17, 15) is 23.1 Å². The Morgan fingerprint density at radius 2 is 1.75 bits per heavy atom. The highest BCUT2D eigenvalue weighted by Gasteiger charge is 2.53. The summed E-state index contributed by atoms with van der Waals surface area (Å²) in [6.07, 6.45) is 5.55. The van der Waals surface area contributed by atoms with Gasteiger partial charge in [0.25, 0.3) is 5.91 Å². The molecule has 1 saturated carbocycles. The molecule has 36 heavy (non-hydrogen) atoms. The van der Waals surface area contributed by atoms with Crippen molar-refractivity contribution in [3.05, 3.63) is 34.0 Å². The predicted molar refractivity (Wildman–Crippen MR) is 130 cm³/mol. The lowest BCUT2D eigenvalue weighted by Gasteiger charge is -2.55. The molecule has 202 valence electrons. The molecule has 0 aromatic carbocycles. The largest absolute Gasteiger partial charge is 0.542 e. The molecule has 1 unspecified atom stereocenters. The van der Waals surface area contributed by atoms with E-state index < -0.39 is 17.7 Å². The van der Waals surface area contributed by atoms with Gasteiger partial charge in [-0.3, -0.25) is 4.79 Å². The number of amides is 1. The third-order valence-corrected chi connectivity index (χ3v) is 9.14. The van der Waals surface area contributed by atoms with E-state index in [4.69, 9.17) is 9.90 Å². The normalized spacial score (nSPS) is 27.5. The summed E-state index contributed by atoms with van der Waals surface area (Å²) in [5, 5.41) is 25.9. The Balaban J connectivity index is 0.000000454. The zero-order valence-electron chi connectivity index (χ0n) is 21.0. The Morgan fingerprint density at radius 1 is 1.19 bits per heavy atom. The number of allylic oxidation sites excluding steroid dienone is 1. The topological polar surface area (TPSA) is 89.5 Å². The SMILES string of the molecule is CC(C)=CCC[N+]12CCC(NC(=O)C(O)(c3cccs3)C3CCCC3)(CC1)CC2.O=C([O-])C(F)(F)F. The number of carboxylic acids is 1. The zero-order valence-corrected chi connectivity index (χ0v) is 21.8. The van der Waals surface area contributed by atoms with Crippen molar-refractivity contribution in [1.29, 1.82) is 0 Å². The molecule has 10 heteroatoms. The van der Waals surface area contributed by atoms with Crippen LogP contribution in [-0.4, -0.2) is 59.4 Å². The third-order valence-electron chi connectivity index (χ3n) is 8.15. The van der Waals surface area contributed by atoms with Crippen LogP contribution in [0.3, 0.4) is 0 Å². The van der Waals surface area contributed by atoms with Gasteiger partial charge >= 0.3 is 6.18 Å². The van der Waals surface area contributed by atoms with Gasteiger partial charge in [-0.1, -0.05) is 30.6 Å². The molecule has 1 aromatic rings. The number of nitrogens with one attached hydrogen (secondary N) is 1. The summed E-state index contributed by atoms with van der Waals surface area (Å²) in [5.74, 6) is -3.10. The number of aliphatic carboxylic acids is 1. The molecule has 0 radical (unpaired) electrons. The van der Waals surface area contributed by atoms with Crippen molar-refractivity contribution in [3.8, 4) is 0 Å². The molecule has 6 nitrogen and oxygen atoms in total. The van der Waals surface area contributed by atoms with Crippen molar-refractivity contribution < 1.29 is 37.5 Å². The fraction of sp³-hybridized carbons (Fsp3) is 0.692. The number of hydrogen-bond acceptors (Lipinski definition) is 5. The van der Waals surface area contributed by atoms with E-state index in [1.54, 1.807) is 0 Å². The van der Waals surface area contributed by atoms with Crippen molar-refractivity contribution >= 4 is 23.2 Å². The average molecular weight is 531 g/mol. The monoisotopic (exact) mass is 530 g/mol. The van der Waals surface area contributed by atoms with Crippen molar-refractivity contribution in [1.82, 2.24) is 5.32 Å². The molecule has 0 spiro atoms. The standard InChI is InChI=1S/C24H36N2O2S.C2HF3O2/c1-19(2)7-5-14-26-15-11-23(12-16-26,13-17-26)25-22(27)24(28,20-8-3-4-9-20)21-10-6-18-29-21;3-2(4,5)1(6)7/h6-7,10,18,20,28H,3-5,8-9,11-17H2,1-2H3;(H,6,7). The van der Waals surface area contributed by atoms with Crippen LogP contribution in [0.4, 0.5) is 13.2 Å². The minimum atomic E-state index is -5.19. The number of hydrogen-bond donors (Lipinski definition) is 2. The predicted octanol–water partition coefficient (Wildman–Crippen LogP) is 3.65. The summed E-state index contributed by atoms with van der Waals surface area (Å²) in [6.45, 7) is 9.02. The summed E-state index contributed by atoms with van der Waals surface area (Å²) < 4.78 is 32.8. The molecule has 1 amide bonds.